The average molecular weight is 286 g/mol. The van der Waals surface area contributed by atoms with Crippen molar-refractivity contribution in [2.45, 2.75) is 57.3 Å². The summed E-state index contributed by atoms with van der Waals surface area (Å²) in [5.74, 6) is 0.486. The van der Waals surface area contributed by atoms with Gasteiger partial charge in [0.2, 0.25) is 15.0 Å². The lowest BCUT2D eigenvalue weighted by molar-refractivity contribution is 0.268. The molecule has 1 heterocycles. The number of unbranched alkanes of at least 4 members (excludes halogenated alkanes) is 1. The lowest BCUT2D eigenvalue weighted by atomic mass is 9.87. The van der Waals surface area contributed by atoms with Crippen molar-refractivity contribution in [3.63, 3.8) is 0 Å². The van der Waals surface area contributed by atoms with Crippen molar-refractivity contribution < 1.29 is 13.5 Å². The molecule has 0 atom stereocenters. The molecular formula is C13H22N2O3S. The van der Waals surface area contributed by atoms with E-state index in [9.17, 15) is 13.5 Å². The van der Waals surface area contributed by atoms with Crippen LogP contribution in [0.2, 0.25) is 0 Å². The molecule has 0 unspecified atom stereocenters. The van der Waals surface area contributed by atoms with Crippen LogP contribution in [-0.4, -0.2) is 28.8 Å². The number of nitrogens with zero attached hydrogens (tertiary/aromatic N) is 2. The third-order valence-electron chi connectivity index (χ3n) is 3.76. The number of aromatic nitrogens is 2. The molecule has 1 aromatic rings. The van der Waals surface area contributed by atoms with Crippen LogP contribution in [0.3, 0.4) is 0 Å². The predicted octanol–water partition coefficient (Wildman–Crippen LogP) is 1.75. The van der Waals surface area contributed by atoms with E-state index in [1.165, 1.54) is 6.20 Å². The Labute approximate surface area is 114 Å². The summed E-state index contributed by atoms with van der Waals surface area (Å²) in [5.41, 5.74) is 0.584. The molecule has 0 saturated heterocycles. The van der Waals surface area contributed by atoms with Crippen molar-refractivity contribution in [3.8, 4) is 0 Å². The van der Waals surface area contributed by atoms with Crippen molar-refractivity contribution in [1.29, 1.82) is 0 Å². The van der Waals surface area contributed by atoms with Gasteiger partial charge in [0, 0.05) is 6.54 Å². The van der Waals surface area contributed by atoms with Crippen LogP contribution in [0.4, 0.5) is 0 Å². The van der Waals surface area contributed by atoms with Crippen LogP contribution in [0.5, 0.6) is 0 Å². The molecule has 0 radical (unpaired) electrons. The van der Waals surface area contributed by atoms with Gasteiger partial charge in [-0.3, -0.25) is 0 Å². The number of aliphatic hydroxyl groups excluding tert-OH is 1. The highest BCUT2D eigenvalue weighted by Crippen LogP contribution is 2.29. The molecule has 1 saturated carbocycles. The summed E-state index contributed by atoms with van der Waals surface area (Å²) in [6.45, 7) is 2.49. The molecule has 19 heavy (non-hydrogen) atoms. The van der Waals surface area contributed by atoms with E-state index in [-0.39, 0.29) is 17.5 Å². The number of hydrogen-bond donors (Lipinski definition) is 1. The Hall–Kier alpha value is -0.880. The molecule has 0 aromatic carbocycles. The molecule has 5 nitrogen and oxygen atoms in total. The molecule has 1 aromatic heterocycles. The molecule has 0 aliphatic heterocycles. The van der Waals surface area contributed by atoms with Crippen molar-refractivity contribution in [3.05, 3.63) is 11.9 Å². The van der Waals surface area contributed by atoms with Gasteiger partial charge in [-0.25, -0.2) is 13.4 Å². The third-order valence-corrected chi connectivity index (χ3v) is 5.55. The highest BCUT2D eigenvalue weighted by molar-refractivity contribution is 7.91. The molecule has 1 aliphatic rings. The van der Waals surface area contributed by atoms with E-state index >= 15 is 0 Å². The maximum absolute atomic E-state index is 12.4. The van der Waals surface area contributed by atoms with Crippen molar-refractivity contribution in [2.24, 2.45) is 5.92 Å². The molecular weight excluding hydrogens is 264 g/mol. The van der Waals surface area contributed by atoms with Gasteiger partial charge >= 0.3 is 0 Å². The largest absolute Gasteiger partial charge is 0.390 e. The Bertz CT molecular complexity index is 518. The van der Waals surface area contributed by atoms with Crippen LogP contribution in [-0.2, 0) is 23.0 Å². The standard InChI is InChI=1S/C13H22N2O3S/c1-2-3-7-15-12(9-16)8-14-13(15)19(17,18)10-11-5-4-6-11/h8,11,16H,2-7,9-10H2,1H3. The zero-order valence-electron chi connectivity index (χ0n) is 11.4. The number of aliphatic hydroxyl groups is 1. The fourth-order valence-corrected chi connectivity index (χ4v) is 4.23. The Balaban J connectivity index is 2.24. The summed E-state index contributed by atoms with van der Waals surface area (Å²) in [6, 6.07) is 0. The van der Waals surface area contributed by atoms with Crippen LogP contribution in [0, 0.1) is 5.92 Å². The van der Waals surface area contributed by atoms with E-state index in [2.05, 4.69) is 11.9 Å². The number of rotatable bonds is 7. The molecule has 1 aliphatic carbocycles. The summed E-state index contributed by atoms with van der Waals surface area (Å²) in [5, 5.41) is 9.42. The van der Waals surface area contributed by atoms with Crippen LogP contribution >= 0.6 is 0 Å². The van der Waals surface area contributed by atoms with Gasteiger partial charge in [-0.05, 0) is 25.2 Å². The maximum Gasteiger partial charge on any atom is 0.227 e. The van der Waals surface area contributed by atoms with E-state index in [0.29, 0.717) is 18.2 Å². The Morgan fingerprint density at radius 3 is 2.74 bits per heavy atom. The first kappa shape index (κ1) is 14.5. The average Bonchev–Trinajstić information content (AvgIpc) is 2.75. The molecule has 2 rings (SSSR count). The van der Waals surface area contributed by atoms with Gasteiger partial charge in [0.15, 0.2) is 0 Å². The second kappa shape index (κ2) is 6.05. The lowest BCUT2D eigenvalue weighted by Gasteiger charge is -2.24. The first-order chi connectivity index (χ1) is 9.08. The molecule has 0 spiro atoms. The second-order valence-corrected chi connectivity index (χ2v) is 7.20. The van der Waals surface area contributed by atoms with Gasteiger partial charge < -0.3 is 9.67 Å². The van der Waals surface area contributed by atoms with Gasteiger partial charge in [-0.15, -0.1) is 0 Å². The topological polar surface area (TPSA) is 72.2 Å². The van der Waals surface area contributed by atoms with Crippen LogP contribution in [0.1, 0.15) is 44.7 Å². The smallest absolute Gasteiger partial charge is 0.227 e. The van der Waals surface area contributed by atoms with Gasteiger partial charge in [0.25, 0.3) is 0 Å². The summed E-state index contributed by atoms with van der Waals surface area (Å²) in [6.07, 6.45) is 6.47. The van der Waals surface area contributed by atoms with E-state index in [1.807, 2.05) is 0 Å². The van der Waals surface area contributed by atoms with E-state index in [0.717, 1.165) is 32.1 Å². The van der Waals surface area contributed by atoms with Crippen molar-refractivity contribution >= 4 is 9.84 Å². The monoisotopic (exact) mass is 286 g/mol. The summed E-state index contributed by atoms with van der Waals surface area (Å²) < 4.78 is 26.4. The first-order valence-corrected chi connectivity index (χ1v) is 8.61. The Kier molecular flexibility index (Phi) is 4.62. The quantitative estimate of drug-likeness (QED) is 0.829. The van der Waals surface area contributed by atoms with E-state index in [4.69, 9.17) is 0 Å². The summed E-state index contributed by atoms with van der Waals surface area (Å²) in [4.78, 5) is 4.04. The van der Waals surface area contributed by atoms with Gasteiger partial charge in [0.05, 0.1) is 24.3 Å². The van der Waals surface area contributed by atoms with E-state index < -0.39 is 9.84 Å². The van der Waals surface area contributed by atoms with Gasteiger partial charge in [0.1, 0.15) is 0 Å². The van der Waals surface area contributed by atoms with Gasteiger partial charge in [-0.2, -0.15) is 0 Å². The minimum atomic E-state index is -3.33. The third kappa shape index (κ3) is 3.17. The molecule has 108 valence electrons. The minimum absolute atomic E-state index is 0.136. The first-order valence-electron chi connectivity index (χ1n) is 6.96. The molecule has 1 fully saturated rings. The molecule has 6 heteroatoms. The zero-order chi connectivity index (χ0) is 13.9. The number of sulfone groups is 1. The van der Waals surface area contributed by atoms with E-state index in [1.54, 1.807) is 4.57 Å². The summed E-state index contributed by atoms with van der Waals surface area (Å²) >= 11 is 0. The van der Waals surface area contributed by atoms with Crippen LogP contribution < -0.4 is 0 Å². The minimum Gasteiger partial charge on any atom is -0.390 e. The van der Waals surface area contributed by atoms with Crippen LogP contribution in [0.15, 0.2) is 11.4 Å². The SMILES string of the molecule is CCCCn1c(CO)cnc1S(=O)(=O)CC1CCC1. The summed E-state index contributed by atoms with van der Waals surface area (Å²) in [7, 11) is -3.33. The fourth-order valence-electron chi connectivity index (χ4n) is 2.37. The second-order valence-electron chi connectivity index (χ2n) is 5.27. The Morgan fingerprint density at radius 1 is 1.47 bits per heavy atom. The van der Waals surface area contributed by atoms with Crippen LogP contribution in [0.25, 0.3) is 0 Å². The highest BCUT2D eigenvalue weighted by atomic mass is 32.2. The predicted molar refractivity (Wildman–Crippen MR) is 72.5 cm³/mol. The van der Waals surface area contributed by atoms with Crippen molar-refractivity contribution in [1.82, 2.24) is 9.55 Å². The molecule has 0 amide bonds. The van der Waals surface area contributed by atoms with Crippen molar-refractivity contribution in [2.75, 3.05) is 5.75 Å². The normalized spacial score (nSPS) is 16.5. The lowest BCUT2D eigenvalue weighted by Crippen LogP contribution is -2.24. The molecule has 1 N–H and O–H groups in total. The molecule has 0 bridgehead atoms. The number of imidazole rings is 1. The fraction of sp³-hybridized carbons (Fsp3) is 0.769. The zero-order valence-corrected chi connectivity index (χ0v) is 12.2. The highest BCUT2D eigenvalue weighted by Gasteiger charge is 2.29. The maximum atomic E-state index is 12.4. The number of hydrogen-bond acceptors (Lipinski definition) is 4. The Morgan fingerprint density at radius 2 is 2.21 bits per heavy atom. The van der Waals surface area contributed by atoms with Gasteiger partial charge in [-0.1, -0.05) is 19.8 Å².